The number of non-ortho nitro benzene ring substituents is 1. The minimum atomic E-state index is -0.552. The lowest BCUT2D eigenvalue weighted by atomic mass is 10.1. The number of hydrogen-bond donors (Lipinski definition) is 1. The lowest BCUT2D eigenvalue weighted by molar-refractivity contribution is -0.384. The molecule has 1 aromatic heterocycles. The van der Waals surface area contributed by atoms with Crippen LogP contribution in [0.3, 0.4) is 0 Å². The summed E-state index contributed by atoms with van der Waals surface area (Å²) in [5, 5.41) is 18.2. The second-order valence-electron chi connectivity index (χ2n) is 7.59. The van der Waals surface area contributed by atoms with Gasteiger partial charge in [-0.25, -0.2) is 9.67 Å². The van der Waals surface area contributed by atoms with E-state index in [9.17, 15) is 14.9 Å². The predicted molar refractivity (Wildman–Crippen MR) is 122 cm³/mol. The summed E-state index contributed by atoms with van der Waals surface area (Å²) in [4.78, 5) is 28.0. The Morgan fingerprint density at radius 1 is 0.969 bits per heavy atom. The van der Waals surface area contributed by atoms with E-state index in [0.29, 0.717) is 11.5 Å². The van der Waals surface area contributed by atoms with Gasteiger partial charge in [0, 0.05) is 23.4 Å². The van der Waals surface area contributed by atoms with Crippen molar-refractivity contribution in [2.24, 2.45) is 0 Å². The monoisotopic (exact) mass is 427 g/mol. The molecule has 0 unspecified atom stereocenters. The Labute approximate surface area is 184 Å². The zero-order chi connectivity index (χ0) is 22.8. The lowest BCUT2D eigenvalue weighted by Gasteiger charge is -2.10. The van der Waals surface area contributed by atoms with Gasteiger partial charge >= 0.3 is 0 Å². The first kappa shape index (κ1) is 20.9. The molecule has 0 bridgehead atoms. The number of hydrogen-bond acceptors (Lipinski definition) is 5. The molecule has 8 nitrogen and oxygen atoms in total. The fourth-order valence-electron chi connectivity index (χ4n) is 3.38. The number of nitro benzene ring substituents is 1. The van der Waals surface area contributed by atoms with Crippen molar-refractivity contribution < 1.29 is 9.72 Å². The summed E-state index contributed by atoms with van der Waals surface area (Å²) in [5.41, 5.74) is 4.93. The van der Waals surface area contributed by atoms with E-state index in [-0.39, 0.29) is 11.5 Å². The van der Waals surface area contributed by atoms with Crippen molar-refractivity contribution in [1.82, 2.24) is 14.8 Å². The van der Waals surface area contributed by atoms with Gasteiger partial charge in [-0.15, -0.1) is 5.10 Å². The van der Waals surface area contributed by atoms with Crippen LogP contribution in [0.15, 0.2) is 66.7 Å². The zero-order valence-corrected chi connectivity index (χ0v) is 17.9. The van der Waals surface area contributed by atoms with E-state index in [1.807, 2.05) is 63.2 Å². The molecule has 4 rings (SSSR count). The van der Waals surface area contributed by atoms with E-state index in [0.717, 1.165) is 27.9 Å². The molecule has 0 spiro atoms. The van der Waals surface area contributed by atoms with Crippen molar-refractivity contribution in [3.05, 3.63) is 99.4 Å². The maximum atomic E-state index is 12.9. The van der Waals surface area contributed by atoms with Crippen LogP contribution in [0.2, 0.25) is 0 Å². The third-order valence-electron chi connectivity index (χ3n) is 4.99. The Morgan fingerprint density at radius 2 is 1.72 bits per heavy atom. The van der Waals surface area contributed by atoms with Gasteiger partial charge < -0.3 is 5.32 Å². The molecule has 1 heterocycles. The minimum Gasteiger partial charge on any atom is -0.319 e. The number of aromatic nitrogens is 3. The third kappa shape index (κ3) is 4.24. The van der Waals surface area contributed by atoms with E-state index in [2.05, 4.69) is 15.4 Å². The first-order chi connectivity index (χ1) is 15.3. The van der Waals surface area contributed by atoms with E-state index < -0.39 is 10.8 Å². The Bertz CT molecular complexity index is 1340. The van der Waals surface area contributed by atoms with Crippen LogP contribution in [0.5, 0.6) is 0 Å². The zero-order valence-electron chi connectivity index (χ0n) is 17.9. The van der Waals surface area contributed by atoms with Gasteiger partial charge in [0.2, 0.25) is 5.82 Å². The molecule has 4 aromatic rings. The van der Waals surface area contributed by atoms with E-state index in [4.69, 9.17) is 0 Å². The van der Waals surface area contributed by atoms with Crippen molar-refractivity contribution in [1.29, 1.82) is 0 Å². The maximum absolute atomic E-state index is 12.9. The van der Waals surface area contributed by atoms with E-state index in [1.165, 1.54) is 18.2 Å². The fourth-order valence-corrected chi connectivity index (χ4v) is 3.38. The number of carbonyl (C=O) groups excluding carboxylic acids is 1. The number of nitro groups is 1. The number of carbonyl (C=O) groups is 1. The molecule has 0 atom stereocenters. The highest BCUT2D eigenvalue weighted by Crippen LogP contribution is 2.25. The fraction of sp³-hybridized carbons (Fsp3) is 0.125. The second kappa shape index (κ2) is 8.43. The number of benzene rings is 3. The minimum absolute atomic E-state index is 0.0334. The van der Waals surface area contributed by atoms with Gasteiger partial charge in [0.05, 0.1) is 10.6 Å². The standard InChI is InChI=1S/C24H21N5O3/c1-15-6-4-7-18(12-15)23-26-22(27-28(23)21-13-16(2)10-11-17(21)3)24(30)25-19-8-5-9-20(14-19)29(31)32/h4-14H,1-3H3,(H,25,30). The van der Waals surface area contributed by atoms with Gasteiger partial charge in [0.15, 0.2) is 5.82 Å². The quantitative estimate of drug-likeness (QED) is 0.356. The summed E-state index contributed by atoms with van der Waals surface area (Å²) >= 11 is 0. The normalized spacial score (nSPS) is 10.7. The number of aryl methyl sites for hydroxylation is 3. The molecule has 160 valence electrons. The van der Waals surface area contributed by atoms with Crippen LogP contribution in [0.1, 0.15) is 27.3 Å². The summed E-state index contributed by atoms with van der Waals surface area (Å²) in [6, 6.07) is 19.5. The first-order valence-corrected chi connectivity index (χ1v) is 9.99. The molecule has 0 radical (unpaired) electrons. The summed E-state index contributed by atoms with van der Waals surface area (Å²) in [7, 11) is 0. The third-order valence-corrected chi connectivity index (χ3v) is 4.99. The molecular weight excluding hydrogens is 406 g/mol. The van der Waals surface area contributed by atoms with Crippen LogP contribution in [0, 0.1) is 30.9 Å². The highest BCUT2D eigenvalue weighted by Gasteiger charge is 2.20. The number of nitrogens with one attached hydrogen (secondary N) is 1. The van der Waals surface area contributed by atoms with Gasteiger partial charge in [0.1, 0.15) is 0 Å². The molecule has 0 aliphatic heterocycles. The lowest BCUT2D eigenvalue weighted by Crippen LogP contribution is -2.14. The molecule has 0 fully saturated rings. The molecule has 0 aliphatic carbocycles. The molecular formula is C24H21N5O3. The molecule has 1 N–H and O–H groups in total. The van der Waals surface area contributed by atoms with Crippen molar-refractivity contribution in [2.45, 2.75) is 20.8 Å². The predicted octanol–water partition coefficient (Wildman–Crippen LogP) is 5.02. The SMILES string of the molecule is Cc1cccc(-c2nc(C(=O)Nc3cccc([N+](=O)[O-])c3)nn2-c2cc(C)ccc2C)c1. The summed E-state index contributed by atoms with van der Waals surface area (Å²) in [6.45, 7) is 5.94. The highest BCUT2D eigenvalue weighted by molar-refractivity contribution is 6.02. The summed E-state index contributed by atoms with van der Waals surface area (Å²) in [5.74, 6) is -0.0519. The van der Waals surface area contributed by atoms with Crippen molar-refractivity contribution in [3.63, 3.8) is 0 Å². The first-order valence-electron chi connectivity index (χ1n) is 9.99. The molecule has 0 saturated carbocycles. The van der Waals surface area contributed by atoms with Crippen molar-refractivity contribution in [2.75, 3.05) is 5.32 Å². The molecule has 0 saturated heterocycles. The van der Waals surface area contributed by atoms with Crippen molar-refractivity contribution in [3.8, 4) is 17.1 Å². The Hall–Kier alpha value is -4.33. The second-order valence-corrected chi connectivity index (χ2v) is 7.59. The molecule has 3 aromatic carbocycles. The van der Waals surface area contributed by atoms with Gasteiger partial charge in [-0.2, -0.15) is 0 Å². The molecule has 0 aliphatic rings. The highest BCUT2D eigenvalue weighted by atomic mass is 16.6. The Kier molecular flexibility index (Phi) is 5.51. The van der Waals surface area contributed by atoms with Crippen LogP contribution >= 0.6 is 0 Å². The Balaban J connectivity index is 1.78. The number of amides is 1. The average molecular weight is 427 g/mol. The largest absolute Gasteiger partial charge is 0.319 e. The number of anilines is 1. The van der Waals surface area contributed by atoms with E-state index in [1.54, 1.807) is 10.7 Å². The molecule has 1 amide bonds. The van der Waals surface area contributed by atoms with Crippen LogP contribution in [0.25, 0.3) is 17.1 Å². The van der Waals surface area contributed by atoms with Gasteiger partial charge in [-0.05, 0) is 50.1 Å². The molecule has 8 heteroatoms. The maximum Gasteiger partial charge on any atom is 0.295 e. The number of nitrogens with zero attached hydrogens (tertiary/aromatic N) is 4. The van der Waals surface area contributed by atoms with Crippen molar-refractivity contribution >= 4 is 17.3 Å². The number of rotatable bonds is 5. The topological polar surface area (TPSA) is 103 Å². The van der Waals surface area contributed by atoms with Crippen LogP contribution in [-0.2, 0) is 0 Å². The molecule has 32 heavy (non-hydrogen) atoms. The Morgan fingerprint density at radius 3 is 2.47 bits per heavy atom. The summed E-state index contributed by atoms with van der Waals surface area (Å²) < 4.78 is 1.67. The van der Waals surface area contributed by atoms with Crippen LogP contribution in [0.4, 0.5) is 11.4 Å². The van der Waals surface area contributed by atoms with E-state index >= 15 is 0 Å². The summed E-state index contributed by atoms with van der Waals surface area (Å²) in [6.07, 6.45) is 0. The van der Waals surface area contributed by atoms with Gasteiger partial charge in [0.25, 0.3) is 11.6 Å². The average Bonchev–Trinajstić information content (AvgIpc) is 3.21. The smallest absolute Gasteiger partial charge is 0.295 e. The van der Waals surface area contributed by atoms with Gasteiger partial charge in [-0.3, -0.25) is 14.9 Å². The van der Waals surface area contributed by atoms with Gasteiger partial charge in [-0.1, -0.05) is 42.0 Å². The van der Waals surface area contributed by atoms with Crippen LogP contribution in [-0.4, -0.2) is 25.6 Å². The van der Waals surface area contributed by atoms with Crippen LogP contribution < -0.4 is 5.32 Å².